The summed E-state index contributed by atoms with van der Waals surface area (Å²) in [6.45, 7) is 5.43. The zero-order valence-corrected chi connectivity index (χ0v) is 6.62. The molecule has 1 aliphatic carbocycles. The summed E-state index contributed by atoms with van der Waals surface area (Å²) in [5, 5.41) is 0. The van der Waals surface area contributed by atoms with E-state index in [1.165, 1.54) is 18.9 Å². The Morgan fingerprint density at radius 3 is 2.36 bits per heavy atom. The van der Waals surface area contributed by atoms with Crippen LogP contribution < -0.4 is 0 Å². The van der Waals surface area contributed by atoms with Crippen LogP contribution in [-0.2, 0) is 4.79 Å². The van der Waals surface area contributed by atoms with Crippen molar-refractivity contribution in [1.29, 1.82) is 0 Å². The molecule has 2 aliphatic heterocycles. The molecule has 2 bridgehead atoms. The number of carbonyl (C=O) groups excluding carboxylic acids is 1. The van der Waals surface area contributed by atoms with Crippen LogP contribution in [0.1, 0.15) is 12.8 Å². The Morgan fingerprint density at radius 2 is 1.91 bits per heavy atom. The zero-order chi connectivity index (χ0) is 7.84. The molecule has 3 rings (SSSR count). The maximum absolute atomic E-state index is 11.1. The Bertz CT molecular complexity index is 184. The third-order valence-electron chi connectivity index (χ3n) is 2.78. The number of nitrogens with zero attached hydrogens (tertiary/aromatic N) is 1. The van der Waals surface area contributed by atoms with Gasteiger partial charge >= 0.3 is 0 Å². The normalized spacial score (nSPS) is 34.4. The highest BCUT2D eigenvalue weighted by molar-refractivity contribution is 5.87. The van der Waals surface area contributed by atoms with Gasteiger partial charge in [0.1, 0.15) is 0 Å². The molecule has 0 aromatic rings. The van der Waals surface area contributed by atoms with Gasteiger partial charge in [0, 0.05) is 13.1 Å². The lowest BCUT2D eigenvalue weighted by Gasteiger charge is -2.46. The summed E-state index contributed by atoms with van der Waals surface area (Å²) >= 11 is 0. The van der Waals surface area contributed by atoms with Crippen LogP contribution in [-0.4, -0.2) is 23.9 Å². The predicted molar refractivity (Wildman–Crippen MR) is 43.0 cm³/mol. The maximum Gasteiger partial charge on any atom is 0.245 e. The van der Waals surface area contributed by atoms with Gasteiger partial charge in [0.05, 0.1) is 0 Å². The van der Waals surface area contributed by atoms with Gasteiger partial charge in [0.15, 0.2) is 0 Å². The van der Waals surface area contributed by atoms with Crippen LogP contribution >= 0.6 is 0 Å². The molecule has 1 saturated carbocycles. The number of hydrogen-bond acceptors (Lipinski definition) is 1. The molecule has 1 amide bonds. The summed E-state index contributed by atoms with van der Waals surface area (Å²) in [6.07, 6.45) is 4.12. The Labute approximate surface area is 66.9 Å². The van der Waals surface area contributed by atoms with E-state index in [9.17, 15) is 4.79 Å². The first kappa shape index (κ1) is 6.89. The van der Waals surface area contributed by atoms with Crippen molar-refractivity contribution in [2.75, 3.05) is 13.1 Å². The molecule has 2 heteroatoms. The second-order valence-corrected chi connectivity index (χ2v) is 3.65. The number of rotatable bonds is 1. The van der Waals surface area contributed by atoms with Gasteiger partial charge in [-0.05, 0) is 30.8 Å². The second-order valence-electron chi connectivity index (χ2n) is 3.65. The van der Waals surface area contributed by atoms with Crippen molar-refractivity contribution in [1.82, 2.24) is 4.90 Å². The van der Waals surface area contributed by atoms with Crippen LogP contribution in [0, 0.1) is 11.8 Å². The van der Waals surface area contributed by atoms with Crippen molar-refractivity contribution in [2.24, 2.45) is 11.8 Å². The number of fused-ring (bicyclic) bond motifs is 2. The lowest BCUT2D eigenvalue weighted by atomic mass is 9.71. The molecule has 3 aliphatic rings. The summed E-state index contributed by atoms with van der Waals surface area (Å²) in [7, 11) is 0. The van der Waals surface area contributed by atoms with E-state index in [1.807, 2.05) is 4.90 Å². The molecule has 11 heavy (non-hydrogen) atoms. The van der Waals surface area contributed by atoms with E-state index in [2.05, 4.69) is 6.58 Å². The number of piperidine rings is 2. The van der Waals surface area contributed by atoms with Crippen LogP contribution in [0.3, 0.4) is 0 Å². The Balaban J connectivity index is 1.96. The molecular formula is C9H13NO. The van der Waals surface area contributed by atoms with E-state index in [0.29, 0.717) is 0 Å². The minimum atomic E-state index is 0.111. The first-order valence-corrected chi connectivity index (χ1v) is 4.21. The van der Waals surface area contributed by atoms with Gasteiger partial charge < -0.3 is 4.90 Å². The van der Waals surface area contributed by atoms with E-state index >= 15 is 0 Å². The molecule has 2 nitrogen and oxygen atoms in total. The van der Waals surface area contributed by atoms with E-state index < -0.39 is 0 Å². The Hall–Kier alpha value is -0.790. The average Bonchev–Trinajstić information content (AvgIpc) is 2.02. The van der Waals surface area contributed by atoms with Gasteiger partial charge in [0.2, 0.25) is 5.91 Å². The van der Waals surface area contributed by atoms with E-state index in [1.54, 1.807) is 0 Å². The van der Waals surface area contributed by atoms with Gasteiger partial charge in [-0.25, -0.2) is 0 Å². The smallest absolute Gasteiger partial charge is 0.245 e. The monoisotopic (exact) mass is 151 g/mol. The van der Waals surface area contributed by atoms with E-state index in [-0.39, 0.29) is 5.91 Å². The fourth-order valence-corrected chi connectivity index (χ4v) is 2.18. The van der Waals surface area contributed by atoms with Crippen molar-refractivity contribution in [3.63, 3.8) is 0 Å². The topological polar surface area (TPSA) is 20.3 Å². The van der Waals surface area contributed by atoms with Crippen molar-refractivity contribution in [2.45, 2.75) is 12.8 Å². The molecule has 3 fully saturated rings. The molecule has 0 aromatic heterocycles. The van der Waals surface area contributed by atoms with Crippen molar-refractivity contribution >= 4 is 5.91 Å². The molecule has 0 unspecified atom stereocenters. The summed E-state index contributed by atoms with van der Waals surface area (Å²) in [4.78, 5) is 13.1. The fraction of sp³-hybridized carbons (Fsp3) is 0.667. The van der Waals surface area contributed by atoms with Crippen LogP contribution in [0.15, 0.2) is 12.7 Å². The molecular weight excluding hydrogens is 138 g/mol. The quantitative estimate of drug-likeness (QED) is 0.513. The Kier molecular flexibility index (Phi) is 1.48. The van der Waals surface area contributed by atoms with Crippen molar-refractivity contribution in [3.8, 4) is 0 Å². The van der Waals surface area contributed by atoms with Crippen molar-refractivity contribution < 1.29 is 4.79 Å². The SMILES string of the molecule is C=CC(=O)N1C[C@H]2C[C@@H](C1)C2. The molecule has 0 atom stereocenters. The Morgan fingerprint density at radius 1 is 1.36 bits per heavy atom. The van der Waals surface area contributed by atoms with Gasteiger partial charge in [0.25, 0.3) is 0 Å². The van der Waals surface area contributed by atoms with Crippen LogP contribution in [0.2, 0.25) is 0 Å². The highest BCUT2D eigenvalue weighted by atomic mass is 16.2. The molecule has 2 heterocycles. The number of amides is 1. The predicted octanol–water partition coefficient (Wildman–Crippen LogP) is 1.04. The lowest BCUT2D eigenvalue weighted by molar-refractivity contribution is -0.132. The van der Waals surface area contributed by atoms with Crippen LogP contribution in [0.4, 0.5) is 0 Å². The molecule has 2 saturated heterocycles. The third-order valence-corrected chi connectivity index (χ3v) is 2.78. The minimum Gasteiger partial charge on any atom is -0.339 e. The molecule has 0 N–H and O–H groups in total. The first-order chi connectivity index (χ1) is 5.29. The summed E-state index contributed by atoms with van der Waals surface area (Å²) in [5.74, 6) is 1.72. The van der Waals surface area contributed by atoms with Crippen LogP contribution in [0.5, 0.6) is 0 Å². The van der Waals surface area contributed by atoms with Gasteiger partial charge in [-0.15, -0.1) is 0 Å². The summed E-state index contributed by atoms with van der Waals surface area (Å²) in [5.41, 5.74) is 0. The van der Waals surface area contributed by atoms with Crippen molar-refractivity contribution in [3.05, 3.63) is 12.7 Å². The fourth-order valence-electron chi connectivity index (χ4n) is 2.18. The molecule has 0 aromatic carbocycles. The molecule has 0 spiro atoms. The highest BCUT2D eigenvalue weighted by Crippen LogP contribution is 2.39. The van der Waals surface area contributed by atoms with E-state index in [0.717, 1.165) is 24.9 Å². The standard InChI is InChI=1S/C9H13NO/c1-2-9(11)10-5-7-3-8(4-7)6-10/h2,7-8H,1,3-6H2/t7-,8+. The molecule has 60 valence electrons. The van der Waals surface area contributed by atoms with Gasteiger partial charge in [-0.2, -0.15) is 0 Å². The summed E-state index contributed by atoms with van der Waals surface area (Å²) < 4.78 is 0. The van der Waals surface area contributed by atoms with Gasteiger partial charge in [-0.1, -0.05) is 6.58 Å². The second kappa shape index (κ2) is 2.36. The minimum absolute atomic E-state index is 0.111. The lowest BCUT2D eigenvalue weighted by Crippen LogP contribution is -2.50. The first-order valence-electron chi connectivity index (χ1n) is 4.21. The molecule has 0 radical (unpaired) electrons. The summed E-state index contributed by atoms with van der Waals surface area (Å²) in [6, 6.07) is 0. The zero-order valence-electron chi connectivity index (χ0n) is 6.62. The largest absolute Gasteiger partial charge is 0.339 e. The number of hydrogen-bond donors (Lipinski definition) is 0. The number of carbonyl (C=O) groups is 1. The van der Waals surface area contributed by atoms with Crippen LogP contribution in [0.25, 0.3) is 0 Å². The third kappa shape index (κ3) is 1.06. The highest BCUT2D eigenvalue weighted by Gasteiger charge is 2.37. The van der Waals surface area contributed by atoms with Gasteiger partial charge in [-0.3, -0.25) is 4.79 Å². The maximum atomic E-state index is 11.1. The average molecular weight is 151 g/mol. The van der Waals surface area contributed by atoms with E-state index in [4.69, 9.17) is 0 Å².